The van der Waals surface area contributed by atoms with Gasteiger partial charge in [-0.05, 0) is 31.0 Å². The first-order valence-electron chi connectivity index (χ1n) is 6.02. The monoisotopic (exact) mass is 263 g/mol. The molecule has 1 aromatic rings. The third-order valence-corrected chi connectivity index (χ3v) is 2.77. The number of aliphatic hydroxyl groups excluding tert-OH is 2. The van der Waals surface area contributed by atoms with Crippen molar-refractivity contribution in [1.82, 2.24) is 0 Å². The molecule has 2 N–H and O–H groups in total. The topological polar surface area (TPSA) is 90.6 Å². The van der Waals surface area contributed by atoms with E-state index in [1.54, 1.807) is 26.0 Å². The summed E-state index contributed by atoms with van der Waals surface area (Å²) in [7, 11) is 0. The number of ether oxygens (including phenoxy) is 1. The summed E-state index contributed by atoms with van der Waals surface area (Å²) in [4.78, 5) is 11.2. The summed E-state index contributed by atoms with van der Waals surface area (Å²) < 4.78 is 4.70. The molecule has 0 saturated carbocycles. The lowest BCUT2D eigenvalue weighted by Crippen LogP contribution is -2.23. The number of hydrogen-bond donors (Lipinski definition) is 2. The Morgan fingerprint density at radius 2 is 2.16 bits per heavy atom. The van der Waals surface area contributed by atoms with Crippen LogP contribution in [0.1, 0.15) is 36.1 Å². The Labute approximate surface area is 112 Å². The molecule has 0 bridgehead atoms. The number of rotatable bonds is 5. The molecule has 0 aliphatic carbocycles. The van der Waals surface area contributed by atoms with E-state index in [9.17, 15) is 15.0 Å². The number of carbonyl (C=O) groups excluding carboxylic acids is 1. The minimum absolute atomic E-state index is 0.227. The van der Waals surface area contributed by atoms with Gasteiger partial charge in [-0.1, -0.05) is 12.1 Å². The van der Waals surface area contributed by atoms with Gasteiger partial charge in [0, 0.05) is 0 Å². The molecule has 2 unspecified atom stereocenters. The van der Waals surface area contributed by atoms with E-state index in [1.807, 2.05) is 6.07 Å². The van der Waals surface area contributed by atoms with Crippen LogP contribution < -0.4 is 0 Å². The van der Waals surface area contributed by atoms with Crippen molar-refractivity contribution in [1.29, 1.82) is 5.26 Å². The summed E-state index contributed by atoms with van der Waals surface area (Å²) in [6.45, 7) is 3.67. The van der Waals surface area contributed by atoms with Crippen molar-refractivity contribution in [3.05, 3.63) is 34.9 Å². The molecule has 1 rings (SSSR count). The number of nitriles is 1. The number of benzene rings is 1. The molecule has 0 aliphatic heterocycles. The van der Waals surface area contributed by atoms with Crippen LogP contribution in [0.3, 0.4) is 0 Å². The van der Waals surface area contributed by atoms with Gasteiger partial charge in [0.05, 0.1) is 30.8 Å². The first-order chi connectivity index (χ1) is 8.99. The molecule has 1 aromatic carbocycles. The van der Waals surface area contributed by atoms with Crippen molar-refractivity contribution >= 4 is 5.97 Å². The maximum Gasteiger partial charge on any atom is 0.308 e. The lowest BCUT2D eigenvalue weighted by Gasteiger charge is -2.18. The van der Waals surface area contributed by atoms with Gasteiger partial charge >= 0.3 is 5.97 Å². The highest BCUT2D eigenvalue weighted by Crippen LogP contribution is 2.21. The molecule has 0 aliphatic rings. The Morgan fingerprint density at radius 3 is 2.74 bits per heavy atom. The lowest BCUT2D eigenvalue weighted by atomic mass is 9.98. The fourth-order valence-electron chi connectivity index (χ4n) is 1.67. The third kappa shape index (κ3) is 4.05. The Hall–Kier alpha value is -1.90. The van der Waals surface area contributed by atoms with Gasteiger partial charge in [-0.3, -0.25) is 4.79 Å². The van der Waals surface area contributed by atoms with Gasteiger partial charge in [-0.25, -0.2) is 0 Å². The van der Waals surface area contributed by atoms with Crippen LogP contribution in [0.15, 0.2) is 18.2 Å². The van der Waals surface area contributed by atoms with Crippen LogP contribution in [0.25, 0.3) is 0 Å². The summed E-state index contributed by atoms with van der Waals surface area (Å²) in [6, 6.07) is 6.82. The zero-order valence-corrected chi connectivity index (χ0v) is 11.0. The van der Waals surface area contributed by atoms with E-state index < -0.39 is 18.2 Å². The molecule has 0 saturated heterocycles. The molecule has 0 fully saturated rings. The van der Waals surface area contributed by atoms with Crippen molar-refractivity contribution in [2.45, 2.75) is 32.5 Å². The normalized spacial score (nSPS) is 13.4. The summed E-state index contributed by atoms with van der Waals surface area (Å²) in [6.07, 6.45) is -2.77. The zero-order valence-electron chi connectivity index (χ0n) is 11.0. The van der Waals surface area contributed by atoms with E-state index in [-0.39, 0.29) is 13.0 Å². The smallest absolute Gasteiger partial charge is 0.308 e. The van der Waals surface area contributed by atoms with Crippen LogP contribution in [-0.4, -0.2) is 28.9 Å². The molecule has 5 heteroatoms. The average molecular weight is 263 g/mol. The molecule has 0 heterocycles. The second-order valence-corrected chi connectivity index (χ2v) is 4.21. The van der Waals surface area contributed by atoms with Crippen LogP contribution in [0.5, 0.6) is 0 Å². The fraction of sp³-hybridized carbons (Fsp3) is 0.429. The van der Waals surface area contributed by atoms with E-state index >= 15 is 0 Å². The maximum absolute atomic E-state index is 11.2. The van der Waals surface area contributed by atoms with Crippen LogP contribution in [-0.2, 0) is 9.53 Å². The molecule has 0 aromatic heterocycles. The van der Waals surface area contributed by atoms with Gasteiger partial charge in [-0.15, -0.1) is 0 Å². The molecule has 102 valence electrons. The van der Waals surface area contributed by atoms with E-state index in [1.165, 1.54) is 6.07 Å². The van der Waals surface area contributed by atoms with Gasteiger partial charge in [0.1, 0.15) is 6.10 Å². The number of esters is 1. The molecule has 5 nitrogen and oxygen atoms in total. The Kier molecular flexibility index (Phi) is 5.49. The van der Waals surface area contributed by atoms with Gasteiger partial charge in [0.25, 0.3) is 0 Å². The Morgan fingerprint density at radius 1 is 1.47 bits per heavy atom. The summed E-state index contributed by atoms with van der Waals surface area (Å²) in [5, 5.41) is 28.6. The lowest BCUT2D eigenvalue weighted by molar-refractivity contribution is -0.147. The molecule has 0 spiro atoms. The second-order valence-electron chi connectivity index (χ2n) is 4.21. The van der Waals surface area contributed by atoms with E-state index in [0.29, 0.717) is 11.1 Å². The Balaban J connectivity index is 2.79. The first-order valence-corrected chi connectivity index (χ1v) is 6.02. The molecule has 0 radical (unpaired) electrons. The van der Waals surface area contributed by atoms with E-state index in [4.69, 9.17) is 10.00 Å². The first kappa shape index (κ1) is 15.2. The van der Waals surface area contributed by atoms with Crippen molar-refractivity contribution in [3.63, 3.8) is 0 Å². The molecule has 0 amide bonds. The number of aliphatic hydroxyl groups is 2. The zero-order chi connectivity index (χ0) is 14.4. The van der Waals surface area contributed by atoms with Crippen LogP contribution in [0.4, 0.5) is 0 Å². The molecule has 19 heavy (non-hydrogen) atoms. The number of carbonyl (C=O) groups is 1. The molecular formula is C14H17NO4. The number of hydrogen-bond acceptors (Lipinski definition) is 5. The summed E-state index contributed by atoms with van der Waals surface area (Å²) >= 11 is 0. The highest BCUT2D eigenvalue weighted by Gasteiger charge is 2.22. The summed E-state index contributed by atoms with van der Waals surface area (Å²) in [5.41, 5.74) is 1.62. The minimum atomic E-state index is -1.26. The molecule has 2 atom stereocenters. The predicted octanol–water partition coefficient (Wildman–Crippen LogP) is 1.21. The average Bonchev–Trinajstić information content (AvgIpc) is 2.38. The van der Waals surface area contributed by atoms with Crippen LogP contribution in [0, 0.1) is 18.3 Å². The number of aryl methyl sites for hydroxylation is 1. The molecular weight excluding hydrogens is 246 g/mol. The van der Waals surface area contributed by atoms with Crippen LogP contribution in [0.2, 0.25) is 0 Å². The number of nitrogens with zero attached hydrogens (tertiary/aromatic N) is 1. The fourth-order valence-corrected chi connectivity index (χ4v) is 1.67. The Bertz CT molecular complexity index is 493. The highest BCUT2D eigenvalue weighted by atomic mass is 16.5. The van der Waals surface area contributed by atoms with Crippen molar-refractivity contribution < 1.29 is 19.7 Å². The summed E-state index contributed by atoms with van der Waals surface area (Å²) in [5.74, 6) is -0.568. The highest BCUT2D eigenvalue weighted by molar-refractivity contribution is 5.70. The van der Waals surface area contributed by atoms with E-state index in [2.05, 4.69) is 0 Å². The van der Waals surface area contributed by atoms with Crippen molar-refractivity contribution in [2.75, 3.05) is 6.61 Å². The van der Waals surface area contributed by atoms with Crippen molar-refractivity contribution in [3.8, 4) is 6.07 Å². The standard InChI is InChI=1S/C14H17NO4/c1-3-19-13(17)7-12(16)14(18)10-5-4-9(2)11(6-10)8-15/h4-6,12,14,16,18H,3,7H2,1-2H3. The quantitative estimate of drug-likeness (QED) is 0.779. The maximum atomic E-state index is 11.2. The second kappa shape index (κ2) is 6.88. The largest absolute Gasteiger partial charge is 0.466 e. The van der Waals surface area contributed by atoms with Gasteiger partial charge in [-0.2, -0.15) is 5.26 Å². The third-order valence-electron chi connectivity index (χ3n) is 2.77. The minimum Gasteiger partial charge on any atom is -0.466 e. The van der Waals surface area contributed by atoms with E-state index in [0.717, 1.165) is 5.56 Å². The predicted molar refractivity (Wildman–Crippen MR) is 68.1 cm³/mol. The van der Waals surface area contributed by atoms with Crippen molar-refractivity contribution in [2.24, 2.45) is 0 Å². The van der Waals surface area contributed by atoms with Gasteiger partial charge in [0.15, 0.2) is 0 Å². The van der Waals surface area contributed by atoms with Gasteiger partial charge < -0.3 is 14.9 Å². The van der Waals surface area contributed by atoms with Gasteiger partial charge in [0.2, 0.25) is 0 Å². The van der Waals surface area contributed by atoms with Crippen LogP contribution >= 0.6 is 0 Å². The SMILES string of the molecule is CCOC(=O)CC(O)C(O)c1ccc(C)c(C#N)c1.